The Morgan fingerprint density at radius 3 is 2.52 bits per heavy atom. The molecule has 0 aliphatic heterocycles. The molecule has 0 aromatic heterocycles. The van der Waals surface area contributed by atoms with Gasteiger partial charge in [0.2, 0.25) is 5.91 Å². The summed E-state index contributed by atoms with van der Waals surface area (Å²) in [6.45, 7) is 3.86. The number of amides is 1. The van der Waals surface area contributed by atoms with Crippen molar-refractivity contribution in [2.24, 2.45) is 0 Å². The van der Waals surface area contributed by atoms with E-state index in [4.69, 9.17) is 0 Å². The van der Waals surface area contributed by atoms with Crippen LogP contribution in [-0.4, -0.2) is 5.91 Å². The molecule has 2 nitrogen and oxygen atoms in total. The molecule has 2 aromatic rings. The summed E-state index contributed by atoms with van der Waals surface area (Å²) in [6.07, 6.45) is 1.05. The van der Waals surface area contributed by atoms with E-state index in [0.717, 1.165) is 11.1 Å². The maximum Gasteiger partial charge on any atom is 0.224 e. The van der Waals surface area contributed by atoms with Gasteiger partial charge in [-0.3, -0.25) is 4.79 Å². The monoisotopic (exact) mass is 349 g/mol. The zero-order chi connectivity index (χ0) is 15.4. The fourth-order valence-corrected chi connectivity index (χ4v) is 2.46. The summed E-state index contributed by atoms with van der Waals surface area (Å²) in [5.74, 6) is -0.491. The molecule has 0 bridgehead atoms. The third kappa shape index (κ3) is 4.39. The van der Waals surface area contributed by atoms with E-state index in [-0.39, 0.29) is 11.7 Å². The lowest BCUT2D eigenvalue weighted by atomic mass is 10.1. The van der Waals surface area contributed by atoms with Crippen LogP contribution in [0, 0.1) is 19.7 Å². The Hall–Kier alpha value is -1.68. The van der Waals surface area contributed by atoms with Crippen LogP contribution >= 0.6 is 15.9 Å². The summed E-state index contributed by atoms with van der Waals surface area (Å²) in [5, 5.41) is 2.76. The van der Waals surface area contributed by atoms with Crippen molar-refractivity contribution in [1.82, 2.24) is 0 Å². The van der Waals surface area contributed by atoms with Gasteiger partial charge in [0.15, 0.2) is 0 Å². The molecule has 0 saturated heterocycles. The van der Waals surface area contributed by atoms with E-state index in [2.05, 4.69) is 21.2 Å². The molecule has 0 spiro atoms. The molecule has 2 aromatic carbocycles. The number of benzene rings is 2. The number of nitrogens with one attached hydrogen (secondary N) is 1. The first kappa shape index (κ1) is 15.7. The fourth-order valence-electron chi connectivity index (χ4n) is 2.01. The summed E-state index contributed by atoms with van der Waals surface area (Å²) in [4.78, 5) is 12.0. The summed E-state index contributed by atoms with van der Waals surface area (Å²) in [5.41, 5.74) is 3.66. The van der Waals surface area contributed by atoms with E-state index >= 15 is 0 Å². The molecule has 0 saturated carbocycles. The molecule has 1 N–H and O–H groups in total. The Labute approximate surface area is 132 Å². The van der Waals surface area contributed by atoms with Crippen molar-refractivity contribution in [1.29, 1.82) is 0 Å². The van der Waals surface area contributed by atoms with Gasteiger partial charge in [-0.15, -0.1) is 0 Å². The zero-order valence-electron chi connectivity index (χ0n) is 12.0. The van der Waals surface area contributed by atoms with Gasteiger partial charge in [-0.25, -0.2) is 4.39 Å². The van der Waals surface area contributed by atoms with Crippen molar-refractivity contribution in [3.63, 3.8) is 0 Å². The molecular formula is C17H17BrFNO. The molecule has 0 fully saturated rings. The smallest absolute Gasteiger partial charge is 0.224 e. The van der Waals surface area contributed by atoms with Crippen molar-refractivity contribution in [2.45, 2.75) is 26.7 Å². The Morgan fingerprint density at radius 2 is 1.86 bits per heavy atom. The largest absolute Gasteiger partial charge is 0.326 e. The molecule has 0 atom stereocenters. The molecule has 4 heteroatoms. The number of aryl methyl sites for hydroxylation is 3. The number of hydrogen-bond donors (Lipinski definition) is 1. The van der Waals surface area contributed by atoms with Crippen molar-refractivity contribution >= 4 is 27.5 Å². The molecule has 0 aliphatic carbocycles. The Kier molecular flexibility index (Phi) is 5.12. The van der Waals surface area contributed by atoms with Crippen molar-refractivity contribution < 1.29 is 9.18 Å². The first-order chi connectivity index (χ1) is 9.95. The number of hydrogen-bond acceptors (Lipinski definition) is 1. The lowest BCUT2D eigenvalue weighted by Crippen LogP contribution is -2.13. The normalized spacial score (nSPS) is 10.5. The summed E-state index contributed by atoms with van der Waals surface area (Å²) >= 11 is 3.13. The highest BCUT2D eigenvalue weighted by Crippen LogP contribution is 2.24. The number of carbonyl (C=O) groups is 1. The van der Waals surface area contributed by atoms with Gasteiger partial charge in [-0.2, -0.15) is 0 Å². The van der Waals surface area contributed by atoms with E-state index in [1.807, 2.05) is 38.1 Å². The average molecular weight is 350 g/mol. The lowest BCUT2D eigenvalue weighted by molar-refractivity contribution is -0.116. The number of carbonyl (C=O) groups excluding carboxylic acids is 1. The summed E-state index contributed by atoms with van der Waals surface area (Å²) in [7, 11) is 0. The Bertz CT molecular complexity index is 653. The zero-order valence-corrected chi connectivity index (χ0v) is 13.6. The third-order valence-corrected chi connectivity index (χ3v) is 3.91. The van der Waals surface area contributed by atoms with Gasteiger partial charge >= 0.3 is 0 Å². The molecule has 0 unspecified atom stereocenters. The highest BCUT2D eigenvalue weighted by atomic mass is 79.9. The van der Waals surface area contributed by atoms with Gasteiger partial charge in [-0.1, -0.05) is 29.8 Å². The number of anilines is 1. The SMILES string of the molecule is Cc1ccc(CCC(=O)Nc2cc(F)c(Br)cc2C)cc1. The molecule has 110 valence electrons. The van der Waals surface area contributed by atoms with Crippen molar-refractivity contribution in [3.05, 3.63) is 63.4 Å². The molecule has 2 rings (SSSR count). The fraction of sp³-hybridized carbons (Fsp3) is 0.235. The van der Waals surface area contributed by atoms with Crippen molar-refractivity contribution in [3.8, 4) is 0 Å². The third-order valence-electron chi connectivity index (χ3n) is 3.30. The number of rotatable bonds is 4. The number of halogens is 2. The van der Waals surface area contributed by atoms with Gasteiger partial charge in [0.05, 0.1) is 4.47 Å². The van der Waals surface area contributed by atoms with Crippen LogP contribution in [0.3, 0.4) is 0 Å². The molecular weight excluding hydrogens is 333 g/mol. The Balaban J connectivity index is 1.96. The second-order valence-electron chi connectivity index (χ2n) is 5.12. The van der Waals surface area contributed by atoms with E-state index in [9.17, 15) is 9.18 Å². The topological polar surface area (TPSA) is 29.1 Å². The van der Waals surface area contributed by atoms with Crippen molar-refractivity contribution in [2.75, 3.05) is 5.32 Å². The summed E-state index contributed by atoms with van der Waals surface area (Å²) in [6, 6.07) is 11.1. The maximum absolute atomic E-state index is 13.5. The van der Waals surface area contributed by atoms with E-state index in [1.165, 1.54) is 11.6 Å². The van der Waals surface area contributed by atoms with Gasteiger partial charge < -0.3 is 5.32 Å². The van der Waals surface area contributed by atoms with Crippen LogP contribution in [-0.2, 0) is 11.2 Å². The molecule has 0 aliphatic rings. The van der Waals surface area contributed by atoms with E-state index in [0.29, 0.717) is 23.0 Å². The quantitative estimate of drug-likeness (QED) is 0.845. The minimum atomic E-state index is -0.380. The van der Waals surface area contributed by atoms with Crippen LogP contribution in [0.2, 0.25) is 0 Å². The average Bonchev–Trinajstić information content (AvgIpc) is 2.44. The molecule has 21 heavy (non-hydrogen) atoms. The maximum atomic E-state index is 13.5. The van der Waals surface area contributed by atoms with Crippen LogP contribution in [0.5, 0.6) is 0 Å². The standard InChI is InChI=1S/C17H17BrFNO/c1-11-3-5-13(6-4-11)7-8-17(21)20-16-10-15(19)14(18)9-12(16)2/h3-6,9-10H,7-8H2,1-2H3,(H,20,21). The second-order valence-corrected chi connectivity index (χ2v) is 5.97. The highest BCUT2D eigenvalue weighted by molar-refractivity contribution is 9.10. The van der Waals surface area contributed by atoms with Gasteiger partial charge in [0.1, 0.15) is 5.82 Å². The lowest BCUT2D eigenvalue weighted by Gasteiger charge is -2.09. The van der Waals surface area contributed by atoms with E-state index < -0.39 is 0 Å². The molecule has 0 radical (unpaired) electrons. The van der Waals surface area contributed by atoms with Gasteiger partial charge in [0.25, 0.3) is 0 Å². The minimum Gasteiger partial charge on any atom is -0.326 e. The van der Waals surface area contributed by atoms with Crippen LogP contribution in [0.25, 0.3) is 0 Å². The van der Waals surface area contributed by atoms with E-state index in [1.54, 1.807) is 6.07 Å². The van der Waals surface area contributed by atoms with Crippen LogP contribution in [0.4, 0.5) is 10.1 Å². The second kappa shape index (κ2) is 6.85. The first-order valence-corrected chi connectivity index (χ1v) is 7.56. The van der Waals surface area contributed by atoms with Crippen LogP contribution < -0.4 is 5.32 Å². The van der Waals surface area contributed by atoms with Crippen LogP contribution in [0.15, 0.2) is 40.9 Å². The predicted molar refractivity (Wildman–Crippen MR) is 87.0 cm³/mol. The predicted octanol–water partition coefficient (Wildman–Crippen LogP) is 4.78. The van der Waals surface area contributed by atoms with Crippen LogP contribution in [0.1, 0.15) is 23.1 Å². The van der Waals surface area contributed by atoms with Gasteiger partial charge in [-0.05, 0) is 59.5 Å². The Morgan fingerprint density at radius 1 is 1.19 bits per heavy atom. The first-order valence-electron chi connectivity index (χ1n) is 6.77. The summed E-state index contributed by atoms with van der Waals surface area (Å²) < 4.78 is 13.9. The molecule has 1 amide bonds. The minimum absolute atomic E-state index is 0.111. The van der Waals surface area contributed by atoms with Gasteiger partial charge in [0, 0.05) is 12.1 Å². The molecule has 0 heterocycles. The highest BCUT2D eigenvalue weighted by Gasteiger charge is 2.09.